The van der Waals surface area contributed by atoms with E-state index in [-0.39, 0.29) is 0 Å². The van der Waals surface area contributed by atoms with Crippen LogP contribution in [0.1, 0.15) is 25.8 Å². The van der Waals surface area contributed by atoms with Crippen molar-refractivity contribution < 1.29 is 4.74 Å². The summed E-state index contributed by atoms with van der Waals surface area (Å²) in [7, 11) is 1.71. The lowest BCUT2D eigenvalue weighted by Gasteiger charge is -2.20. The van der Waals surface area contributed by atoms with Crippen molar-refractivity contribution >= 4 is 34.4 Å². The van der Waals surface area contributed by atoms with E-state index >= 15 is 0 Å². The fraction of sp³-hybridized carbons (Fsp3) is 0.571. The number of ether oxygens (including phenoxy) is 1. The molecule has 0 bridgehead atoms. The first kappa shape index (κ1) is 15.2. The molecule has 0 saturated heterocycles. The monoisotopic (exact) mass is 364 g/mol. The smallest absolute Gasteiger partial charge is 0.118 e. The number of thioether (sulfide) groups is 1. The highest BCUT2D eigenvalue weighted by Crippen LogP contribution is 2.27. The number of hydrogen-bond acceptors (Lipinski definition) is 2. The minimum absolute atomic E-state index is 0.766. The molecular formula is C14H21IOS. The molecule has 0 N–H and O–H groups in total. The summed E-state index contributed by atoms with van der Waals surface area (Å²) in [5.41, 5.74) is 1.38. The summed E-state index contributed by atoms with van der Waals surface area (Å²) in [5, 5.41) is 0.766. The Labute approximate surface area is 123 Å². The van der Waals surface area contributed by atoms with Crippen molar-refractivity contribution in [1.82, 2.24) is 0 Å². The normalized spacial score (nSPS) is 14.4. The summed E-state index contributed by atoms with van der Waals surface area (Å²) in [5.74, 6) is 2.84. The van der Waals surface area contributed by atoms with Gasteiger partial charge in [-0.3, -0.25) is 0 Å². The second-order valence-corrected chi connectivity index (χ2v) is 6.35. The van der Waals surface area contributed by atoms with E-state index in [4.69, 9.17) is 4.74 Å². The highest BCUT2D eigenvalue weighted by atomic mass is 127. The summed E-state index contributed by atoms with van der Waals surface area (Å²) < 4.78 is 6.39. The maximum absolute atomic E-state index is 5.16. The van der Waals surface area contributed by atoms with Crippen LogP contribution in [0.25, 0.3) is 0 Å². The second-order valence-electron chi connectivity index (χ2n) is 4.24. The lowest BCUT2D eigenvalue weighted by molar-refractivity contribution is 0.414. The summed E-state index contributed by atoms with van der Waals surface area (Å²) in [6.45, 7) is 4.63. The molecule has 96 valence electrons. The fourth-order valence-electron chi connectivity index (χ4n) is 1.55. The Morgan fingerprint density at radius 2 is 1.94 bits per heavy atom. The number of halogens is 1. The first-order chi connectivity index (χ1) is 8.21. The zero-order chi connectivity index (χ0) is 12.7. The lowest BCUT2D eigenvalue weighted by atomic mass is 10.1. The van der Waals surface area contributed by atoms with Gasteiger partial charge >= 0.3 is 0 Å². The predicted molar refractivity (Wildman–Crippen MR) is 86.4 cm³/mol. The van der Waals surface area contributed by atoms with Gasteiger partial charge in [0.2, 0.25) is 0 Å². The average Bonchev–Trinajstić information content (AvgIpc) is 2.39. The molecule has 3 heteroatoms. The van der Waals surface area contributed by atoms with Crippen molar-refractivity contribution in [3.05, 3.63) is 29.8 Å². The third kappa shape index (κ3) is 5.08. The molecule has 0 aliphatic heterocycles. The average molecular weight is 364 g/mol. The largest absolute Gasteiger partial charge is 0.497 e. The molecule has 0 saturated carbocycles. The maximum atomic E-state index is 5.16. The number of hydrogen-bond donors (Lipinski definition) is 0. The van der Waals surface area contributed by atoms with Crippen LogP contribution in [0, 0.1) is 5.92 Å². The van der Waals surface area contributed by atoms with Crippen molar-refractivity contribution in [2.75, 3.05) is 11.5 Å². The number of rotatable bonds is 7. The third-order valence-electron chi connectivity index (χ3n) is 3.05. The van der Waals surface area contributed by atoms with Gasteiger partial charge in [0.1, 0.15) is 5.75 Å². The van der Waals surface area contributed by atoms with Crippen molar-refractivity contribution in [3.63, 3.8) is 0 Å². The second kappa shape index (κ2) is 8.25. The van der Waals surface area contributed by atoms with Gasteiger partial charge in [-0.15, -0.1) is 0 Å². The molecule has 0 aliphatic rings. The van der Waals surface area contributed by atoms with Crippen molar-refractivity contribution in [3.8, 4) is 5.75 Å². The van der Waals surface area contributed by atoms with Crippen LogP contribution < -0.4 is 4.74 Å². The zero-order valence-corrected chi connectivity index (χ0v) is 13.8. The highest BCUT2D eigenvalue weighted by Gasteiger charge is 2.14. The van der Waals surface area contributed by atoms with E-state index in [9.17, 15) is 0 Å². The van der Waals surface area contributed by atoms with Crippen molar-refractivity contribution in [2.24, 2.45) is 5.92 Å². The Hall–Kier alpha value is 0.100. The molecule has 1 aromatic rings. The van der Waals surface area contributed by atoms with Gasteiger partial charge in [0.15, 0.2) is 0 Å². The van der Waals surface area contributed by atoms with E-state index in [0.717, 1.165) is 22.7 Å². The van der Waals surface area contributed by atoms with Gasteiger partial charge in [-0.05, 0) is 23.6 Å². The molecule has 17 heavy (non-hydrogen) atoms. The number of alkyl halides is 1. The Balaban J connectivity index is 2.47. The number of methoxy groups -OCH3 is 1. The first-order valence-electron chi connectivity index (χ1n) is 6.01. The first-order valence-corrected chi connectivity index (χ1v) is 8.59. The molecule has 0 amide bonds. The van der Waals surface area contributed by atoms with E-state index in [1.54, 1.807) is 7.11 Å². The standard InChI is InChI=1S/C14H21IOS/c1-4-11(2)14(9-15)17-10-12-5-7-13(16-3)8-6-12/h5-8,11,14H,4,9-10H2,1-3H3/t11?,14-/m1/s1. The minimum atomic E-state index is 0.766. The zero-order valence-electron chi connectivity index (χ0n) is 10.8. The van der Waals surface area contributed by atoms with Crippen LogP contribution in [0.2, 0.25) is 0 Å². The van der Waals surface area contributed by atoms with Crippen LogP contribution in [0.3, 0.4) is 0 Å². The molecular weight excluding hydrogens is 343 g/mol. The van der Waals surface area contributed by atoms with Crippen LogP contribution in [-0.4, -0.2) is 16.8 Å². The molecule has 0 radical (unpaired) electrons. The van der Waals surface area contributed by atoms with E-state index in [0.29, 0.717) is 0 Å². The summed E-state index contributed by atoms with van der Waals surface area (Å²) in [4.78, 5) is 0. The summed E-state index contributed by atoms with van der Waals surface area (Å²) in [6, 6.07) is 8.40. The van der Waals surface area contributed by atoms with Gasteiger partial charge < -0.3 is 4.74 Å². The lowest BCUT2D eigenvalue weighted by Crippen LogP contribution is -2.15. The van der Waals surface area contributed by atoms with Crippen molar-refractivity contribution in [2.45, 2.75) is 31.3 Å². The van der Waals surface area contributed by atoms with Gasteiger partial charge in [-0.1, -0.05) is 55.0 Å². The summed E-state index contributed by atoms with van der Waals surface area (Å²) in [6.07, 6.45) is 1.27. The van der Waals surface area contributed by atoms with E-state index < -0.39 is 0 Å². The Kier molecular flexibility index (Phi) is 7.35. The molecule has 0 aromatic heterocycles. The maximum Gasteiger partial charge on any atom is 0.118 e. The third-order valence-corrected chi connectivity index (χ3v) is 6.16. The molecule has 2 atom stereocenters. The van der Waals surface area contributed by atoms with E-state index in [2.05, 4.69) is 60.3 Å². The fourth-order valence-corrected chi connectivity index (χ4v) is 4.39. The Morgan fingerprint density at radius 1 is 1.29 bits per heavy atom. The molecule has 1 nitrogen and oxygen atoms in total. The van der Waals surface area contributed by atoms with Crippen LogP contribution in [0.15, 0.2) is 24.3 Å². The van der Waals surface area contributed by atoms with Gasteiger partial charge in [0, 0.05) is 15.4 Å². The molecule has 0 spiro atoms. The SMILES string of the molecule is CCC(C)[C@@H](CI)SCc1ccc(OC)cc1. The van der Waals surface area contributed by atoms with Crippen LogP contribution in [-0.2, 0) is 5.75 Å². The van der Waals surface area contributed by atoms with Crippen LogP contribution >= 0.6 is 34.4 Å². The highest BCUT2D eigenvalue weighted by molar-refractivity contribution is 14.1. The van der Waals surface area contributed by atoms with E-state index in [1.807, 2.05) is 12.1 Å². The van der Waals surface area contributed by atoms with E-state index in [1.165, 1.54) is 16.4 Å². The van der Waals surface area contributed by atoms with Crippen LogP contribution in [0.5, 0.6) is 5.75 Å². The van der Waals surface area contributed by atoms with Crippen molar-refractivity contribution in [1.29, 1.82) is 0 Å². The topological polar surface area (TPSA) is 9.23 Å². The minimum Gasteiger partial charge on any atom is -0.497 e. The quantitative estimate of drug-likeness (QED) is 0.509. The molecule has 0 fully saturated rings. The van der Waals surface area contributed by atoms with Gasteiger partial charge in [0.05, 0.1) is 7.11 Å². The molecule has 0 aliphatic carbocycles. The predicted octanol–water partition coefficient (Wildman–Crippen LogP) is 4.78. The number of benzene rings is 1. The Morgan fingerprint density at radius 3 is 2.41 bits per heavy atom. The molecule has 0 heterocycles. The van der Waals surface area contributed by atoms with Crippen LogP contribution in [0.4, 0.5) is 0 Å². The summed E-state index contributed by atoms with van der Waals surface area (Å²) >= 11 is 4.57. The molecule has 1 rings (SSSR count). The van der Waals surface area contributed by atoms with Gasteiger partial charge in [0.25, 0.3) is 0 Å². The molecule has 1 aromatic carbocycles. The van der Waals surface area contributed by atoms with Gasteiger partial charge in [-0.2, -0.15) is 11.8 Å². The molecule has 1 unspecified atom stereocenters. The van der Waals surface area contributed by atoms with Gasteiger partial charge in [-0.25, -0.2) is 0 Å². The Bertz CT molecular complexity index is 313.